The van der Waals surface area contributed by atoms with Crippen molar-refractivity contribution in [1.29, 1.82) is 0 Å². The molecule has 0 heterocycles. The Kier molecular flexibility index (Phi) is 4.14. The van der Waals surface area contributed by atoms with Crippen LogP contribution >= 0.6 is 15.9 Å². The Labute approximate surface area is 122 Å². The fourth-order valence-corrected chi connectivity index (χ4v) is 2.07. The third-order valence-corrected chi connectivity index (χ3v) is 3.06. The van der Waals surface area contributed by atoms with E-state index in [1.807, 2.05) is 0 Å². The van der Waals surface area contributed by atoms with Gasteiger partial charge in [0.15, 0.2) is 0 Å². The predicted molar refractivity (Wildman–Crippen MR) is 75.5 cm³/mol. The fourth-order valence-electron chi connectivity index (χ4n) is 1.67. The molecule has 2 rings (SSSR count). The van der Waals surface area contributed by atoms with Crippen molar-refractivity contribution in [2.75, 3.05) is 5.32 Å². The molecule has 0 atom stereocenters. The Morgan fingerprint density at radius 2 is 1.85 bits per heavy atom. The van der Waals surface area contributed by atoms with Gasteiger partial charge in [0.1, 0.15) is 11.4 Å². The van der Waals surface area contributed by atoms with Crippen LogP contribution in [0.2, 0.25) is 0 Å². The lowest BCUT2D eigenvalue weighted by Crippen LogP contribution is -2.15. The van der Waals surface area contributed by atoms with Gasteiger partial charge in [-0.1, -0.05) is 28.1 Å². The number of aromatic carboxylic acids is 1. The van der Waals surface area contributed by atoms with Crippen LogP contribution < -0.4 is 5.32 Å². The number of carbonyl (C=O) groups excluding carboxylic acids is 1. The number of hydrogen-bond acceptors (Lipinski definition) is 2. The number of carboxylic acids is 1. The first-order valence-corrected chi connectivity index (χ1v) is 6.37. The summed E-state index contributed by atoms with van der Waals surface area (Å²) in [7, 11) is 0. The molecule has 0 aliphatic heterocycles. The molecule has 0 spiro atoms. The fraction of sp³-hybridized carbons (Fsp3) is 0. The second-order valence-electron chi connectivity index (χ2n) is 3.93. The van der Waals surface area contributed by atoms with E-state index in [1.165, 1.54) is 12.1 Å². The van der Waals surface area contributed by atoms with E-state index < -0.39 is 23.3 Å². The number of nitrogens with one attached hydrogen (secondary N) is 1. The van der Waals surface area contributed by atoms with Gasteiger partial charge in [0.2, 0.25) is 0 Å². The molecule has 0 aromatic heterocycles. The molecule has 0 bridgehead atoms. The number of benzene rings is 2. The second-order valence-corrected chi connectivity index (χ2v) is 4.85. The van der Waals surface area contributed by atoms with Gasteiger partial charge in [-0.2, -0.15) is 0 Å². The average Bonchev–Trinajstić information content (AvgIpc) is 2.38. The molecule has 2 N–H and O–H groups in total. The summed E-state index contributed by atoms with van der Waals surface area (Å²) >= 11 is 3.23. The molecule has 1 amide bonds. The Balaban J connectivity index is 2.33. The zero-order chi connectivity index (χ0) is 14.7. The van der Waals surface area contributed by atoms with E-state index in [0.717, 1.165) is 6.07 Å². The highest BCUT2D eigenvalue weighted by molar-refractivity contribution is 9.10. The molecule has 0 fully saturated rings. The summed E-state index contributed by atoms with van der Waals surface area (Å²) in [6, 6.07) is 10.3. The van der Waals surface area contributed by atoms with E-state index >= 15 is 0 Å². The van der Waals surface area contributed by atoms with Crippen LogP contribution in [0.25, 0.3) is 0 Å². The van der Waals surface area contributed by atoms with Crippen LogP contribution in [0.3, 0.4) is 0 Å². The number of carboxylic acid groups (broad SMARTS) is 1. The summed E-state index contributed by atoms with van der Waals surface area (Å²) in [5.74, 6) is -2.85. The van der Waals surface area contributed by atoms with Crippen molar-refractivity contribution >= 4 is 33.5 Å². The predicted octanol–water partition coefficient (Wildman–Crippen LogP) is 3.54. The first-order valence-electron chi connectivity index (χ1n) is 5.58. The van der Waals surface area contributed by atoms with Gasteiger partial charge in [-0.25, -0.2) is 9.18 Å². The lowest BCUT2D eigenvalue weighted by molar-refractivity contribution is 0.0693. The highest BCUT2D eigenvalue weighted by atomic mass is 79.9. The molecular formula is C14H9BrFNO3. The van der Waals surface area contributed by atoms with Crippen molar-refractivity contribution in [2.24, 2.45) is 0 Å². The Morgan fingerprint density at radius 3 is 2.50 bits per heavy atom. The number of amides is 1. The molecule has 2 aromatic carbocycles. The van der Waals surface area contributed by atoms with Crippen LogP contribution in [-0.2, 0) is 0 Å². The average molecular weight is 338 g/mol. The first kappa shape index (κ1) is 14.2. The van der Waals surface area contributed by atoms with Crippen molar-refractivity contribution < 1.29 is 19.1 Å². The van der Waals surface area contributed by atoms with Crippen LogP contribution in [0, 0.1) is 5.82 Å². The van der Waals surface area contributed by atoms with Gasteiger partial charge < -0.3 is 10.4 Å². The molecule has 0 aliphatic rings. The number of carbonyl (C=O) groups is 2. The number of halogens is 2. The lowest BCUT2D eigenvalue weighted by Gasteiger charge is -2.09. The largest absolute Gasteiger partial charge is 0.478 e. The van der Waals surface area contributed by atoms with Gasteiger partial charge >= 0.3 is 5.97 Å². The van der Waals surface area contributed by atoms with E-state index in [-0.39, 0.29) is 5.69 Å². The maximum atomic E-state index is 13.5. The summed E-state index contributed by atoms with van der Waals surface area (Å²) in [5.41, 5.74) is -0.307. The summed E-state index contributed by atoms with van der Waals surface area (Å²) in [4.78, 5) is 23.0. The minimum atomic E-state index is -1.44. The number of hydrogen-bond donors (Lipinski definition) is 2. The van der Waals surface area contributed by atoms with Crippen LogP contribution in [0.1, 0.15) is 20.7 Å². The van der Waals surface area contributed by atoms with Crippen LogP contribution in [0.5, 0.6) is 0 Å². The maximum absolute atomic E-state index is 13.5. The first-order chi connectivity index (χ1) is 9.49. The third kappa shape index (κ3) is 3.03. The summed E-state index contributed by atoms with van der Waals surface area (Å²) in [5, 5.41) is 11.4. The molecule has 2 aromatic rings. The molecule has 20 heavy (non-hydrogen) atoms. The topological polar surface area (TPSA) is 66.4 Å². The quantitative estimate of drug-likeness (QED) is 0.900. The summed E-state index contributed by atoms with van der Waals surface area (Å²) in [6.07, 6.45) is 0. The van der Waals surface area contributed by atoms with E-state index in [9.17, 15) is 14.0 Å². The smallest absolute Gasteiger partial charge is 0.340 e. The second kappa shape index (κ2) is 5.83. The zero-order valence-electron chi connectivity index (χ0n) is 10.1. The van der Waals surface area contributed by atoms with Gasteiger partial charge in [-0.05, 0) is 30.3 Å². The molecule has 0 aliphatic carbocycles. The van der Waals surface area contributed by atoms with Gasteiger partial charge in [-0.3, -0.25) is 4.79 Å². The highest BCUT2D eigenvalue weighted by Crippen LogP contribution is 2.20. The van der Waals surface area contributed by atoms with E-state index in [2.05, 4.69) is 21.2 Å². The SMILES string of the molecule is O=C(Nc1cccc(F)c1C(=O)O)c1cccc(Br)c1. The zero-order valence-corrected chi connectivity index (χ0v) is 11.6. The van der Waals surface area contributed by atoms with E-state index in [1.54, 1.807) is 24.3 Å². The minimum absolute atomic E-state index is 0.0810. The molecule has 6 heteroatoms. The molecular weight excluding hydrogens is 329 g/mol. The Morgan fingerprint density at radius 1 is 1.15 bits per heavy atom. The third-order valence-electron chi connectivity index (χ3n) is 2.56. The molecule has 0 unspecified atom stereocenters. The molecule has 0 radical (unpaired) electrons. The van der Waals surface area contributed by atoms with Crippen LogP contribution in [0.4, 0.5) is 10.1 Å². The Bertz CT molecular complexity index is 688. The molecule has 0 saturated heterocycles. The van der Waals surface area contributed by atoms with Crippen molar-refractivity contribution in [2.45, 2.75) is 0 Å². The summed E-state index contributed by atoms with van der Waals surface area (Å²) in [6.45, 7) is 0. The van der Waals surface area contributed by atoms with Crippen molar-refractivity contribution in [3.05, 3.63) is 63.9 Å². The van der Waals surface area contributed by atoms with Gasteiger partial charge in [0.25, 0.3) is 5.91 Å². The number of anilines is 1. The lowest BCUT2D eigenvalue weighted by atomic mass is 10.1. The van der Waals surface area contributed by atoms with Gasteiger partial charge in [0, 0.05) is 10.0 Å². The van der Waals surface area contributed by atoms with E-state index in [4.69, 9.17) is 5.11 Å². The van der Waals surface area contributed by atoms with Crippen LogP contribution in [-0.4, -0.2) is 17.0 Å². The normalized spacial score (nSPS) is 10.1. The van der Waals surface area contributed by atoms with Gasteiger partial charge in [-0.15, -0.1) is 0 Å². The Hall–Kier alpha value is -2.21. The van der Waals surface area contributed by atoms with Gasteiger partial charge in [0.05, 0.1) is 5.69 Å². The number of rotatable bonds is 3. The van der Waals surface area contributed by atoms with E-state index in [0.29, 0.717) is 10.0 Å². The monoisotopic (exact) mass is 337 g/mol. The summed E-state index contributed by atoms with van der Waals surface area (Å²) < 4.78 is 14.2. The molecule has 4 nitrogen and oxygen atoms in total. The molecule has 0 saturated carbocycles. The standard InChI is InChI=1S/C14H9BrFNO3/c15-9-4-1-3-8(7-9)13(18)17-11-6-2-5-10(16)12(11)14(19)20/h1-7H,(H,17,18)(H,19,20). The molecule has 102 valence electrons. The maximum Gasteiger partial charge on any atom is 0.340 e. The van der Waals surface area contributed by atoms with Crippen molar-refractivity contribution in [3.63, 3.8) is 0 Å². The highest BCUT2D eigenvalue weighted by Gasteiger charge is 2.17. The van der Waals surface area contributed by atoms with Crippen LogP contribution in [0.15, 0.2) is 46.9 Å². The van der Waals surface area contributed by atoms with Crippen molar-refractivity contribution in [1.82, 2.24) is 0 Å². The van der Waals surface area contributed by atoms with Crippen molar-refractivity contribution in [3.8, 4) is 0 Å². The minimum Gasteiger partial charge on any atom is -0.478 e.